The summed E-state index contributed by atoms with van der Waals surface area (Å²) in [5, 5.41) is 0. The number of carbonyl (C=O) groups is 1. The Morgan fingerprint density at radius 1 is 1.62 bits per heavy atom. The molecule has 1 fully saturated rings. The van der Waals surface area contributed by atoms with E-state index in [-0.39, 0.29) is 11.7 Å². The first-order valence-electron chi connectivity index (χ1n) is 5.82. The third-order valence-electron chi connectivity index (χ3n) is 3.40. The summed E-state index contributed by atoms with van der Waals surface area (Å²) in [7, 11) is 0. The third kappa shape index (κ3) is 2.62. The molecule has 16 heavy (non-hydrogen) atoms. The standard InChI is InChI=1S/C12H17NO3/c1-9-3-2-4-10(9)5-6-16-12(14)11-7-15-8-13-11/h7-10H,2-6H2,1H3. The fraction of sp³-hybridized carbons (Fsp3) is 0.667. The lowest BCUT2D eigenvalue weighted by atomic mass is 9.95. The van der Waals surface area contributed by atoms with Gasteiger partial charge in [-0.05, 0) is 18.3 Å². The summed E-state index contributed by atoms with van der Waals surface area (Å²) in [6.45, 7) is 2.76. The van der Waals surface area contributed by atoms with Crippen LogP contribution < -0.4 is 0 Å². The van der Waals surface area contributed by atoms with Crippen LogP contribution in [0.5, 0.6) is 0 Å². The smallest absolute Gasteiger partial charge is 0.360 e. The quantitative estimate of drug-likeness (QED) is 0.736. The molecule has 1 saturated carbocycles. The second kappa shape index (κ2) is 5.14. The van der Waals surface area contributed by atoms with Gasteiger partial charge in [0.05, 0.1) is 6.61 Å². The lowest BCUT2D eigenvalue weighted by molar-refractivity contribution is 0.0469. The van der Waals surface area contributed by atoms with Crippen molar-refractivity contribution in [1.82, 2.24) is 4.98 Å². The maximum atomic E-state index is 11.4. The molecule has 0 spiro atoms. The van der Waals surface area contributed by atoms with Crippen molar-refractivity contribution in [3.8, 4) is 0 Å². The van der Waals surface area contributed by atoms with Gasteiger partial charge in [-0.15, -0.1) is 0 Å². The molecule has 0 bridgehead atoms. The van der Waals surface area contributed by atoms with Gasteiger partial charge in [-0.2, -0.15) is 0 Å². The molecule has 4 heteroatoms. The molecule has 0 N–H and O–H groups in total. The molecule has 2 rings (SSSR count). The number of oxazole rings is 1. The number of esters is 1. The van der Waals surface area contributed by atoms with Crippen LogP contribution in [0.1, 0.15) is 43.1 Å². The highest BCUT2D eigenvalue weighted by Crippen LogP contribution is 2.33. The first-order valence-corrected chi connectivity index (χ1v) is 5.82. The Kier molecular flexibility index (Phi) is 3.59. The molecule has 0 aliphatic heterocycles. The van der Waals surface area contributed by atoms with E-state index in [1.54, 1.807) is 0 Å². The van der Waals surface area contributed by atoms with E-state index in [2.05, 4.69) is 11.9 Å². The third-order valence-corrected chi connectivity index (χ3v) is 3.40. The normalized spacial score (nSPS) is 24.6. The van der Waals surface area contributed by atoms with Crippen molar-refractivity contribution in [2.45, 2.75) is 32.6 Å². The fourth-order valence-corrected chi connectivity index (χ4v) is 2.34. The van der Waals surface area contributed by atoms with E-state index < -0.39 is 0 Å². The maximum Gasteiger partial charge on any atom is 0.360 e. The van der Waals surface area contributed by atoms with Crippen molar-refractivity contribution >= 4 is 5.97 Å². The predicted molar refractivity (Wildman–Crippen MR) is 57.9 cm³/mol. The molecule has 0 amide bonds. The molecule has 2 unspecified atom stereocenters. The molecule has 2 atom stereocenters. The van der Waals surface area contributed by atoms with Crippen molar-refractivity contribution < 1.29 is 13.9 Å². The van der Waals surface area contributed by atoms with Gasteiger partial charge in [0.1, 0.15) is 6.26 Å². The van der Waals surface area contributed by atoms with Gasteiger partial charge in [-0.25, -0.2) is 9.78 Å². The van der Waals surface area contributed by atoms with E-state index in [0.717, 1.165) is 12.3 Å². The van der Waals surface area contributed by atoms with E-state index in [1.807, 2.05) is 0 Å². The van der Waals surface area contributed by atoms with E-state index in [9.17, 15) is 4.79 Å². The molecule has 1 aliphatic carbocycles. The molecule has 0 aromatic carbocycles. The highest BCUT2D eigenvalue weighted by molar-refractivity contribution is 5.86. The highest BCUT2D eigenvalue weighted by atomic mass is 16.5. The largest absolute Gasteiger partial charge is 0.461 e. The van der Waals surface area contributed by atoms with Crippen molar-refractivity contribution in [1.29, 1.82) is 0 Å². The van der Waals surface area contributed by atoms with Crippen LogP contribution in [-0.4, -0.2) is 17.6 Å². The summed E-state index contributed by atoms with van der Waals surface area (Å²) < 4.78 is 9.86. The summed E-state index contributed by atoms with van der Waals surface area (Å²) >= 11 is 0. The summed E-state index contributed by atoms with van der Waals surface area (Å²) in [6.07, 6.45) is 7.38. The molecule has 1 aromatic rings. The van der Waals surface area contributed by atoms with Crippen molar-refractivity contribution in [3.05, 3.63) is 18.4 Å². The number of nitrogens with zero attached hydrogens (tertiary/aromatic N) is 1. The maximum absolute atomic E-state index is 11.4. The zero-order valence-corrected chi connectivity index (χ0v) is 9.52. The molecule has 4 nitrogen and oxygen atoms in total. The van der Waals surface area contributed by atoms with Crippen LogP contribution in [-0.2, 0) is 4.74 Å². The average molecular weight is 223 g/mol. The number of rotatable bonds is 4. The Morgan fingerprint density at radius 3 is 3.12 bits per heavy atom. The molecular weight excluding hydrogens is 206 g/mol. The first-order chi connectivity index (χ1) is 7.77. The molecule has 1 heterocycles. The van der Waals surface area contributed by atoms with Gasteiger partial charge in [0.2, 0.25) is 0 Å². The monoisotopic (exact) mass is 223 g/mol. The number of ether oxygens (including phenoxy) is 1. The zero-order chi connectivity index (χ0) is 11.4. The van der Waals surface area contributed by atoms with Crippen molar-refractivity contribution in [2.75, 3.05) is 6.61 Å². The van der Waals surface area contributed by atoms with Crippen LogP contribution in [0, 0.1) is 11.8 Å². The Labute approximate surface area is 95.0 Å². The number of hydrogen-bond donors (Lipinski definition) is 0. The minimum absolute atomic E-state index is 0.250. The number of carbonyl (C=O) groups excluding carboxylic acids is 1. The van der Waals surface area contributed by atoms with Gasteiger partial charge in [-0.1, -0.05) is 26.2 Å². The van der Waals surface area contributed by atoms with E-state index in [4.69, 9.17) is 9.15 Å². The van der Waals surface area contributed by atoms with Crippen LogP contribution >= 0.6 is 0 Å². The van der Waals surface area contributed by atoms with E-state index in [1.165, 1.54) is 31.9 Å². The van der Waals surface area contributed by atoms with Gasteiger partial charge in [-0.3, -0.25) is 0 Å². The summed E-state index contributed by atoms with van der Waals surface area (Å²) in [4.78, 5) is 15.2. The Bertz CT molecular complexity index is 334. The zero-order valence-electron chi connectivity index (χ0n) is 9.52. The van der Waals surface area contributed by atoms with E-state index >= 15 is 0 Å². The molecule has 88 valence electrons. The predicted octanol–water partition coefficient (Wildman–Crippen LogP) is 2.66. The second-order valence-electron chi connectivity index (χ2n) is 4.47. The SMILES string of the molecule is CC1CCCC1CCOC(=O)c1cocn1. The molecule has 1 aliphatic rings. The van der Waals surface area contributed by atoms with Gasteiger partial charge in [0, 0.05) is 0 Å². The summed E-state index contributed by atoms with van der Waals surface area (Å²) in [5.41, 5.74) is 0.250. The number of hydrogen-bond acceptors (Lipinski definition) is 4. The van der Waals surface area contributed by atoms with Gasteiger partial charge < -0.3 is 9.15 Å². The fourth-order valence-electron chi connectivity index (χ4n) is 2.34. The molecule has 0 saturated heterocycles. The van der Waals surface area contributed by atoms with Crippen molar-refractivity contribution in [3.63, 3.8) is 0 Å². The van der Waals surface area contributed by atoms with Crippen LogP contribution in [0.2, 0.25) is 0 Å². The van der Waals surface area contributed by atoms with Gasteiger partial charge >= 0.3 is 5.97 Å². The molecule has 1 aromatic heterocycles. The van der Waals surface area contributed by atoms with E-state index in [0.29, 0.717) is 12.5 Å². The highest BCUT2D eigenvalue weighted by Gasteiger charge is 2.23. The van der Waals surface area contributed by atoms with Gasteiger partial charge in [0.15, 0.2) is 12.1 Å². The van der Waals surface area contributed by atoms with Gasteiger partial charge in [0.25, 0.3) is 0 Å². The second-order valence-corrected chi connectivity index (χ2v) is 4.47. The summed E-state index contributed by atoms with van der Waals surface area (Å²) in [6, 6.07) is 0. The lowest BCUT2D eigenvalue weighted by Gasteiger charge is -2.14. The van der Waals surface area contributed by atoms with Crippen LogP contribution in [0.3, 0.4) is 0 Å². The Hall–Kier alpha value is -1.32. The molecular formula is C12H17NO3. The first kappa shape index (κ1) is 11.2. The van der Waals surface area contributed by atoms with Crippen LogP contribution in [0.25, 0.3) is 0 Å². The Morgan fingerprint density at radius 2 is 2.50 bits per heavy atom. The molecule has 0 radical (unpaired) electrons. The topological polar surface area (TPSA) is 52.3 Å². The minimum Gasteiger partial charge on any atom is -0.461 e. The minimum atomic E-state index is -0.389. The lowest BCUT2D eigenvalue weighted by Crippen LogP contribution is -2.12. The van der Waals surface area contributed by atoms with Crippen LogP contribution in [0.4, 0.5) is 0 Å². The van der Waals surface area contributed by atoms with Crippen molar-refractivity contribution in [2.24, 2.45) is 11.8 Å². The van der Waals surface area contributed by atoms with Crippen LogP contribution in [0.15, 0.2) is 17.1 Å². The Balaban J connectivity index is 1.70. The number of aromatic nitrogens is 1. The summed E-state index contributed by atoms with van der Waals surface area (Å²) in [5.74, 6) is 1.09. The average Bonchev–Trinajstić information content (AvgIpc) is 2.90.